The zero-order valence-corrected chi connectivity index (χ0v) is 10.1. The molecule has 1 rings (SSSR count). The third kappa shape index (κ3) is 5.16. The second-order valence-corrected chi connectivity index (χ2v) is 3.54. The Hall–Kier alpha value is -2.30. The Morgan fingerprint density at radius 1 is 1.44 bits per heavy atom. The SMILES string of the molecule is COc1cccc(/C=C/C(=O)NCCC(=O)O)c1. The molecule has 0 heterocycles. The van der Waals surface area contributed by atoms with E-state index in [1.54, 1.807) is 19.3 Å². The van der Waals surface area contributed by atoms with Gasteiger partial charge in [0.2, 0.25) is 5.91 Å². The molecule has 2 N–H and O–H groups in total. The van der Waals surface area contributed by atoms with Crippen molar-refractivity contribution in [2.75, 3.05) is 13.7 Å². The highest BCUT2D eigenvalue weighted by atomic mass is 16.5. The number of carboxylic acid groups (broad SMARTS) is 1. The molecule has 1 aromatic rings. The second-order valence-electron chi connectivity index (χ2n) is 3.54. The fourth-order valence-corrected chi connectivity index (χ4v) is 1.27. The zero-order valence-electron chi connectivity index (χ0n) is 10.1. The Morgan fingerprint density at radius 2 is 2.22 bits per heavy atom. The van der Waals surface area contributed by atoms with E-state index < -0.39 is 5.97 Å². The average Bonchev–Trinajstić information content (AvgIpc) is 2.36. The minimum atomic E-state index is -0.938. The highest BCUT2D eigenvalue weighted by Gasteiger charge is 1.99. The molecule has 0 aromatic heterocycles. The predicted octanol–water partition coefficient (Wildman–Crippen LogP) is 1.30. The summed E-state index contributed by atoms with van der Waals surface area (Å²) in [6.45, 7) is 0.122. The van der Waals surface area contributed by atoms with E-state index in [9.17, 15) is 9.59 Å². The van der Waals surface area contributed by atoms with Gasteiger partial charge in [0.15, 0.2) is 0 Å². The van der Waals surface area contributed by atoms with Crippen LogP contribution >= 0.6 is 0 Å². The number of benzene rings is 1. The van der Waals surface area contributed by atoms with Crippen LogP contribution in [0.5, 0.6) is 5.75 Å². The Kier molecular flexibility index (Phi) is 5.44. The molecule has 0 aliphatic rings. The van der Waals surface area contributed by atoms with E-state index >= 15 is 0 Å². The molecule has 0 spiro atoms. The number of rotatable bonds is 6. The Bertz CT molecular complexity index is 454. The molecule has 0 aliphatic carbocycles. The van der Waals surface area contributed by atoms with Crippen molar-refractivity contribution in [1.82, 2.24) is 5.32 Å². The van der Waals surface area contributed by atoms with Gasteiger partial charge in [-0.15, -0.1) is 0 Å². The lowest BCUT2D eigenvalue weighted by Gasteiger charge is -2.00. The lowest BCUT2D eigenvalue weighted by atomic mass is 10.2. The lowest BCUT2D eigenvalue weighted by Crippen LogP contribution is -2.23. The van der Waals surface area contributed by atoms with Crippen LogP contribution in [0.2, 0.25) is 0 Å². The molecule has 0 saturated heterocycles. The molecule has 5 nitrogen and oxygen atoms in total. The van der Waals surface area contributed by atoms with E-state index in [1.165, 1.54) is 6.08 Å². The van der Waals surface area contributed by atoms with Crippen molar-refractivity contribution in [3.63, 3.8) is 0 Å². The van der Waals surface area contributed by atoms with Crippen molar-refractivity contribution in [3.05, 3.63) is 35.9 Å². The standard InChI is InChI=1S/C13H15NO4/c1-18-11-4-2-3-10(9-11)5-6-12(15)14-8-7-13(16)17/h2-6,9H,7-8H2,1H3,(H,14,15)(H,16,17)/b6-5+. The highest BCUT2D eigenvalue weighted by Crippen LogP contribution is 2.13. The van der Waals surface area contributed by atoms with Crippen LogP contribution in [0.1, 0.15) is 12.0 Å². The van der Waals surface area contributed by atoms with Gasteiger partial charge in [0.25, 0.3) is 0 Å². The van der Waals surface area contributed by atoms with Crippen LogP contribution in [-0.2, 0) is 9.59 Å². The largest absolute Gasteiger partial charge is 0.497 e. The Morgan fingerprint density at radius 3 is 2.89 bits per heavy atom. The van der Waals surface area contributed by atoms with Gasteiger partial charge in [0, 0.05) is 12.6 Å². The second kappa shape index (κ2) is 7.11. The zero-order chi connectivity index (χ0) is 13.4. The number of carbonyl (C=O) groups excluding carboxylic acids is 1. The van der Waals surface area contributed by atoms with E-state index in [0.29, 0.717) is 5.75 Å². The van der Waals surface area contributed by atoms with Crippen LogP contribution < -0.4 is 10.1 Å². The molecule has 0 bridgehead atoms. The molecule has 1 amide bonds. The van der Waals surface area contributed by atoms with Gasteiger partial charge in [-0.05, 0) is 23.8 Å². The van der Waals surface area contributed by atoms with Crippen molar-refractivity contribution in [1.29, 1.82) is 0 Å². The van der Waals surface area contributed by atoms with E-state index in [2.05, 4.69) is 5.32 Å². The third-order valence-corrected chi connectivity index (χ3v) is 2.16. The van der Waals surface area contributed by atoms with Crippen molar-refractivity contribution < 1.29 is 19.4 Å². The smallest absolute Gasteiger partial charge is 0.305 e. The van der Waals surface area contributed by atoms with Gasteiger partial charge in [-0.25, -0.2) is 0 Å². The third-order valence-electron chi connectivity index (χ3n) is 2.16. The van der Waals surface area contributed by atoms with Crippen molar-refractivity contribution >= 4 is 18.0 Å². The number of methoxy groups -OCH3 is 1. The molecular weight excluding hydrogens is 234 g/mol. The molecule has 0 saturated carbocycles. The van der Waals surface area contributed by atoms with Crippen LogP contribution in [0.25, 0.3) is 6.08 Å². The number of nitrogens with one attached hydrogen (secondary N) is 1. The summed E-state index contributed by atoms with van der Waals surface area (Å²) in [6, 6.07) is 7.26. The number of carboxylic acids is 1. The van der Waals surface area contributed by atoms with Gasteiger partial charge >= 0.3 is 5.97 Å². The predicted molar refractivity (Wildman–Crippen MR) is 67.3 cm³/mol. The maximum absolute atomic E-state index is 11.3. The molecule has 0 radical (unpaired) electrons. The van der Waals surface area contributed by atoms with E-state index in [0.717, 1.165) is 5.56 Å². The topological polar surface area (TPSA) is 75.6 Å². The molecule has 0 fully saturated rings. The summed E-state index contributed by atoms with van der Waals surface area (Å²) in [5, 5.41) is 10.9. The van der Waals surface area contributed by atoms with E-state index in [4.69, 9.17) is 9.84 Å². The Labute approximate surface area is 105 Å². The van der Waals surface area contributed by atoms with Crippen molar-refractivity contribution in [3.8, 4) is 5.75 Å². The molecule has 1 aromatic carbocycles. The first-order valence-electron chi connectivity index (χ1n) is 5.43. The fraction of sp³-hybridized carbons (Fsp3) is 0.231. The van der Waals surface area contributed by atoms with Crippen LogP contribution in [0.15, 0.2) is 30.3 Å². The van der Waals surface area contributed by atoms with Crippen LogP contribution in [0.4, 0.5) is 0 Å². The molecular formula is C13H15NO4. The van der Waals surface area contributed by atoms with Gasteiger partial charge < -0.3 is 15.2 Å². The van der Waals surface area contributed by atoms with Crippen LogP contribution in [-0.4, -0.2) is 30.6 Å². The molecule has 0 atom stereocenters. The Balaban J connectivity index is 2.47. The number of ether oxygens (including phenoxy) is 1. The number of aliphatic carboxylic acids is 1. The fourth-order valence-electron chi connectivity index (χ4n) is 1.27. The minimum Gasteiger partial charge on any atom is -0.497 e. The first-order valence-corrected chi connectivity index (χ1v) is 5.43. The van der Waals surface area contributed by atoms with Gasteiger partial charge in [-0.2, -0.15) is 0 Å². The molecule has 0 aliphatic heterocycles. The minimum absolute atomic E-state index is 0.0846. The van der Waals surface area contributed by atoms with Crippen LogP contribution in [0.3, 0.4) is 0 Å². The average molecular weight is 249 g/mol. The molecule has 96 valence electrons. The quantitative estimate of drug-likeness (QED) is 0.745. The number of carbonyl (C=O) groups is 2. The monoisotopic (exact) mass is 249 g/mol. The van der Waals surface area contributed by atoms with Gasteiger partial charge in [0.1, 0.15) is 5.75 Å². The molecule has 18 heavy (non-hydrogen) atoms. The summed E-state index contributed by atoms with van der Waals surface area (Å²) in [7, 11) is 1.57. The van der Waals surface area contributed by atoms with Gasteiger partial charge in [-0.3, -0.25) is 9.59 Å². The normalized spacial score (nSPS) is 10.3. The number of amides is 1. The molecule has 0 unspecified atom stereocenters. The van der Waals surface area contributed by atoms with E-state index in [1.807, 2.05) is 18.2 Å². The maximum Gasteiger partial charge on any atom is 0.305 e. The summed E-state index contributed by atoms with van der Waals surface area (Å²) in [5.41, 5.74) is 0.836. The highest BCUT2D eigenvalue weighted by molar-refractivity contribution is 5.91. The van der Waals surface area contributed by atoms with Crippen LogP contribution in [0, 0.1) is 0 Å². The van der Waals surface area contributed by atoms with Crippen molar-refractivity contribution in [2.45, 2.75) is 6.42 Å². The summed E-state index contributed by atoms with van der Waals surface area (Å²) >= 11 is 0. The summed E-state index contributed by atoms with van der Waals surface area (Å²) in [5.74, 6) is -0.547. The van der Waals surface area contributed by atoms with Gasteiger partial charge in [0.05, 0.1) is 13.5 Å². The lowest BCUT2D eigenvalue weighted by molar-refractivity contribution is -0.136. The van der Waals surface area contributed by atoms with Gasteiger partial charge in [-0.1, -0.05) is 12.1 Å². The summed E-state index contributed by atoms with van der Waals surface area (Å²) < 4.78 is 5.05. The molecule has 5 heteroatoms. The summed E-state index contributed by atoms with van der Waals surface area (Å²) in [4.78, 5) is 21.6. The van der Waals surface area contributed by atoms with E-state index in [-0.39, 0.29) is 18.9 Å². The first-order chi connectivity index (χ1) is 8.61. The first kappa shape index (κ1) is 13.8. The maximum atomic E-state index is 11.3. The number of hydrogen-bond donors (Lipinski definition) is 2. The van der Waals surface area contributed by atoms with Crippen molar-refractivity contribution in [2.24, 2.45) is 0 Å². The number of hydrogen-bond acceptors (Lipinski definition) is 3. The summed E-state index contributed by atoms with van der Waals surface area (Å²) in [6.07, 6.45) is 2.91.